The number of rotatable bonds is 4. The van der Waals surface area contributed by atoms with Crippen LogP contribution in [-0.4, -0.2) is 12.6 Å². The lowest BCUT2D eigenvalue weighted by molar-refractivity contribution is -0.139. The molecule has 0 radical (unpaired) electrons. The molecule has 1 saturated carbocycles. The molecule has 0 aliphatic heterocycles. The zero-order chi connectivity index (χ0) is 15.1. The Morgan fingerprint density at radius 2 is 1.95 bits per heavy atom. The molecule has 1 aliphatic rings. The number of hydrogen-bond donors (Lipinski definition) is 0. The normalized spacial score (nSPS) is 21.9. The van der Waals surface area contributed by atoms with E-state index >= 15 is 0 Å². The molecule has 3 heteroatoms. The van der Waals surface area contributed by atoms with Gasteiger partial charge in [-0.1, -0.05) is 24.3 Å². The van der Waals surface area contributed by atoms with Crippen LogP contribution in [0.4, 0.5) is 0 Å². The van der Waals surface area contributed by atoms with Crippen LogP contribution in [0.15, 0.2) is 36.4 Å². The van der Waals surface area contributed by atoms with Gasteiger partial charge in [0.25, 0.3) is 0 Å². The first-order chi connectivity index (χ1) is 10.2. The third-order valence-corrected chi connectivity index (χ3v) is 4.07. The van der Waals surface area contributed by atoms with Gasteiger partial charge in [0.05, 0.1) is 11.6 Å². The van der Waals surface area contributed by atoms with E-state index in [0.717, 1.165) is 5.56 Å². The van der Waals surface area contributed by atoms with Crippen molar-refractivity contribution in [2.45, 2.75) is 38.5 Å². The summed E-state index contributed by atoms with van der Waals surface area (Å²) in [7, 11) is 0. The van der Waals surface area contributed by atoms with Crippen LogP contribution in [0.1, 0.15) is 49.7 Å². The number of hydrogen-bond acceptors (Lipinski definition) is 3. The number of benzene rings is 1. The molecule has 0 aromatic heterocycles. The van der Waals surface area contributed by atoms with Crippen molar-refractivity contribution in [3.05, 3.63) is 47.5 Å². The third kappa shape index (κ3) is 4.75. The summed E-state index contributed by atoms with van der Waals surface area (Å²) in [4.78, 5) is 10.7. The Hall–Kier alpha value is -2.08. The highest BCUT2D eigenvalue weighted by Gasteiger charge is 2.20. The van der Waals surface area contributed by atoms with Gasteiger partial charge in [-0.3, -0.25) is 4.79 Å². The smallest absolute Gasteiger partial charge is 0.302 e. The van der Waals surface area contributed by atoms with Crippen molar-refractivity contribution in [1.29, 1.82) is 5.26 Å². The van der Waals surface area contributed by atoms with E-state index in [1.807, 2.05) is 18.2 Å². The maximum Gasteiger partial charge on any atom is 0.302 e. The van der Waals surface area contributed by atoms with Crippen LogP contribution in [0.5, 0.6) is 0 Å². The Balaban J connectivity index is 1.80. The molecule has 0 atom stereocenters. The average Bonchev–Trinajstić information content (AvgIpc) is 2.52. The number of esters is 1. The SMILES string of the molecule is CC(=O)OC/C=C/C1CCC(c2ccc(C#N)cc2)CC1. The molecule has 3 nitrogen and oxygen atoms in total. The molecule has 1 aliphatic carbocycles. The lowest BCUT2D eigenvalue weighted by Gasteiger charge is -2.27. The highest BCUT2D eigenvalue weighted by atomic mass is 16.5. The highest BCUT2D eigenvalue weighted by molar-refractivity contribution is 5.65. The molecule has 0 bridgehead atoms. The largest absolute Gasteiger partial charge is 0.462 e. The standard InChI is InChI=1S/C18H21NO2/c1-14(20)21-12-2-3-15-4-8-17(9-5-15)18-10-6-16(13-19)7-11-18/h2-3,6-7,10-11,15,17H,4-5,8-9,12H2,1H3/b3-2+. The first-order valence-electron chi connectivity index (χ1n) is 7.49. The minimum atomic E-state index is -0.232. The van der Waals surface area contributed by atoms with Crippen LogP contribution in [0, 0.1) is 17.2 Å². The minimum absolute atomic E-state index is 0.232. The van der Waals surface area contributed by atoms with E-state index in [1.165, 1.54) is 38.2 Å². The van der Waals surface area contributed by atoms with Gasteiger partial charge in [0, 0.05) is 6.92 Å². The maximum atomic E-state index is 10.7. The fourth-order valence-corrected chi connectivity index (χ4v) is 2.89. The van der Waals surface area contributed by atoms with Gasteiger partial charge in [-0.2, -0.15) is 5.26 Å². The molecule has 110 valence electrons. The van der Waals surface area contributed by atoms with E-state index < -0.39 is 0 Å². The Labute approximate surface area is 126 Å². The van der Waals surface area contributed by atoms with Gasteiger partial charge in [-0.05, 0) is 55.2 Å². The van der Waals surface area contributed by atoms with E-state index in [1.54, 1.807) is 0 Å². The molecule has 0 saturated heterocycles. The molecule has 1 aromatic carbocycles. The van der Waals surface area contributed by atoms with Gasteiger partial charge >= 0.3 is 5.97 Å². The monoisotopic (exact) mass is 283 g/mol. The number of carbonyl (C=O) groups excluding carboxylic acids is 1. The second-order valence-corrected chi connectivity index (χ2v) is 5.58. The van der Waals surface area contributed by atoms with Gasteiger partial charge < -0.3 is 4.74 Å². The Morgan fingerprint density at radius 1 is 1.29 bits per heavy atom. The second-order valence-electron chi connectivity index (χ2n) is 5.58. The fraction of sp³-hybridized carbons (Fsp3) is 0.444. The topological polar surface area (TPSA) is 50.1 Å². The molecule has 0 amide bonds. The highest BCUT2D eigenvalue weighted by Crippen LogP contribution is 2.36. The lowest BCUT2D eigenvalue weighted by atomic mass is 9.78. The van der Waals surface area contributed by atoms with Crippen molar-refractivity contribution in [2.24, 2.45) is 5.92 Å². The lowest BCUT2D eigenvalue weighted by Crippen LogP contribution is -2.12. The van der Waals surface area contributed by atoms with E-state index in [0.29, 0.717) is 18.4 Å². The minimum Gasteiger partial charge on any atom is -0.462 e. The fourth-order valence-electron chi connectivity index (χ4n) is 2.89. The van der Waals surface area contributed by atoms with Crippen LogP contribution in [-0.2, 0) is 9.53 Å². The summed E-state index contributed by atoms with van der Waals surface area (Å²) in [5, 5.41) is 8.82. The molecular weight excluding hydrogens is 262 g/mol. The van der Waals surface area contributed by atoms with Crippen LogP contribution < -0.4 is 0 Å². The summed E-state index contributed by atoms with van der Waals surface area (Å²) in [6.07, 6.45) is 8.82. The van der Waals surface area contributed by atoms with Gasteiger partial charge in [0.1, 0.15) is 6.61 Å². The van der Waals surface area contributed by atoms with Crippen molar-refractivity contribution in [3.8, 4) is 6.07 Å². The van der Waals surface area contributed by atoms with E-state index in [4.69, 9.17) is 10.00 Å². The molecule has 1 aromatic rings. The van der Waals surface area contributed by atoms with Crippen LogP contribution in [0.25, 0.3) is 0 Å². The number of allylic oxidation sites excluding steroid dienone is 1. The van der Waals surface area contributed by atoms with Crippen LogP contribution >= 0.6 is 0 Å². The summed E-state index contributed by atoms with van der Waals surface area (Å²) in [5.74, 6) is 0.968. The molecule has 0 heterocycles. The number of nitrogens with zero attached hydrogens (tertiary/aromatic N) is 1. The first-order valence-corrected chi connectivity index (χ1v) is 7.49. The quantitative estimate of drug-likeness (QED) is 0.621. The zero-order valence-corrected chi connectivity index (χ0v) is 12.4. The summed E-state index contributed by atoms with van der Waals surface area (Å²) >= 11 is 0. The van der Waals surface area contributed by atoms with Crippen LogP contribution in [0.3, 0.4) is 0 Å². The average molecular weight is 283 g/mol. The first kappa shape index (κ1) is 15.3. The number of nitriles is 1. The van der Waals surface area contributed by atoms with E-state index in [9.17, 15) is 4.79 Å². The van der Waals surface area contributed by atoms with Crippen molar-refractivity contribution < 1.29 is 9.53 Å². The third-order valence-electron chi connectivity index (χ3n) is 4.07. The Morgan fingerprint density at radius 3 is 2.52 bits per heavy atom. The Bertz CT molecular complexity index is 531. The summed E-state index contributed by atoms with van der Waals surface area (Å²) in [5.41, 5.74) is 2.07. The molecule has 0 spiro atoms. The zero-order valence-electron chi connectivity index (χ0n) is 12.4. The van der Waals surface area contributed by atoms with Gasteiger partial charge in [-0.25, -0.2) is 0 Å². The predicted molar refractivity (Wildman–Crippen MR) is 81.6 cm³/mol. The van der Waals surface area contributed by atoms with Crippen molar-refractivity contribution in [3.63, 3.8) is 0 Å². The molecule has 21 heavy (non-hydrogen) atoms. The van der Waals surface area contributed by atoms with Gasteiger partial charge in [0.15, 0.2) is 0 Å². The van der Waals surface area contributed by atoms with Crippen molar-refractivity contribution >= 4 is 5.97 Å². The number of carbonyl (C=O) groups is 1. The van der Waals surface area contributed by atoms with E-state index in [-0.39, 0.29) is 5.97 Å². The Kier molecular flexibility index (Phi) is 5.57. The van der Waals surface area contributed by atoms with E-state index in [2.05, 4.69) is 24.3 Å². The maximum absolute atomic E-state index is 10.7. The van der Waals surface area contributed by atoms with Crippen molar-refractivity contribution in [2.75, 3.05) is 6.61 Å². The molecule has 0 N–H and O–H groups in total. The van der Waals surface area contributed by atoms with Crippen LogP contribution in [0.2, 0.25) is 0 Å². The summed E-state index contributed by atoms with van der Waals surface area (Å²) in [6.45, 7) is 1.81. The summed E-state index contributed by atoms with van der Waals surface area (Å²) in [6, 6.07) is 10.1. The second kappa shape index (κ2) is 7.64. The molecule has 1 fully saturated rings. The summed E-state index contributed by atoms with van der Waals surface area (Å²) < 4.78 is 4.89. The molecule has 0 unspecified atom stereocenters. The number of ether oxygens (including phenoxy) is 1. The van der Waals surface area contributed by atoms with Gasteiger partial charge in [-0.15, -0.1) is 0 Å². The molecular formula is C18H21NO2. The molecule has 2 rings (SSSR count). The van der Waals surface area contributed by atoms with Crippen molar-refractivity contribution in [1.82, 2.24) is 0 Å². The van der Waals surface area contributed by atoms with Gasteiger partial charge in [0.2, 0.25) is 0 Å². The predicted octanol–water partition coefficient (Wildman–Crippen LogP) is 3.95.